The average Bonchev–Trinajstić information content (AvgIpc) is 2.29. The van der Waals surface area contributed by atoms with Gasteiger partial charge >= 0.3 is 17.5 Å². The highest BCUT2D eigenvalue weighted by Crippen LogP contribution is 2.12. The summed E-state index contributed by atoms with van der Waals surface area (Å²) >= 11 is 0. The van der Waals surface area contributed by atoms with Crippen molar-refractivity contribution >= 4 is 16.8 Å². The molecule has 0 spiro atoms. The first-order valence-electron chi connectivity index (χ1n) is 4.58. The van der Waals surface area contributed by atoms with Crippen molar-refractivity contribution in [2.24, 2.45) is 0 Å². The number of benzene rings is 1. The van der Waals surface area contributed by atoms with Crippen molar-refractivity contribution in [1.29, 1.82) is 0 Å². The summed E-state index contributed by atoms with van der Waals surface area (Å²) in [6, 6.07) is 3.54. The van der Waals surface area contributed by atoms with Crippen LogP contribution < -0.4 is 11.1 Å². The van der Waals surface area contributed by atoms with E-state index in [1.165, 1.54) is 6.07 Å². The van der Waals surface area contributed by atoms with Crippen molar-refractivity contribution < 1.29 is 13.6 Å². The molecule has 1 aromatic heterocycles. The fourth-order valence-corrected chi connectivity index (χ4v) is 1.39. The van der Waals surface area contributed by atoms with Gasteiger partial charge in [0.25, 0.3) is 0 Å². The second-order valence-electron chi connectivity index (χ2n) is 3.33. The van der Waals surface area contributed by atoms with E-state index in [2.05, 4.69) is 9.97 Å². The molecule has 88 valence electrons. The van der Waals surface area contributed by atoms with Gasteiger partial charge in [-0.2, -0.15) is 0 Å². The summed E-state index contributed by atoms with van der Waals surface area (Å²) in [7, 11) is 0. The van der Waals surface area contributed by atoms with Gasteiger partial charge in [-0.15, -0.1) is 0 Å². The third kappa shape index (κ3) is 1.99. The van der Waals surface area contributed by atoms with Crippen LogP contribution >= 0.6 is 0 Å². The first-order valence-corrected chi connectivity index (χ1v) is 4.58. The van der Waals surface area contributed by atoms with Crippen LogP contribution in [0.25, 0.3) is 11.0 Å². The predicted octanol–water partition coefficient (Wildman–Crippen LogP) is 0.664. The molecule has 2 aromatic rings. The quantitative estimate of drug-likeness (QED) is 0.597. The second kappa shape index (κ2) is 3.93. The Labute approximate surface area is 92.1 Å². The fraction of sp³-hybridized carbons (Fsp3) is 0.100. The van der Waals surface area contributed by atoms with Gasteiger partial charge in [0.1, 0.15) is 0 Å². The van der Waals surface area contributed by atoms with Crippen molar-refractivity contribution in [1.82, 2.24) is 9.97 Å². The summed E-state index contributed by atoms with van der Waals surface area (Å²) < 4.78 is 24.4. The van der Waals surface area contributed by atoms with E-state index in [1.807, 2.05) is 0 Å². The zero-order valence-electron chi connectivity index (χ0n) is 8.29. The monoisotopic (exact) mass is 240 g/mol. The van der Waals surface area contributed by atoms with Crippen LogP contribution in [0.5, 0.6) is 0 Å². The fourth-order valence-electron chi connectivity index (χ4n) is 1.39. The zero-order chi connectivity index (χ0) is 12.6. The van der Waals surface area contributed by atoms with Crippen molar-refractivity contribution in [2.45, 2.75) is 6.43 Å². The Bertz CT molecular complexity index is 702. The first kappa shape index (κ1) is 11.2. The molecule has 0 radical (unpaired) electrons. The molecule has 2 N–H and O–H groups in total. The van der Waals surface area contributed by atoms with Gasteiger partial charge in [0.2, 0.25) is 5.78 Å². The maximum absolute atomic E-state index is 12.2. The van der Waals surface area contributed by atoms with Crippen LogP contribution in [0.15, 0.2) is 27.8 Å². The Hall–Kier alpha value is -2.31. The van der Waals surface area contributed by atoms with Crippen LogP contribution in [0.4, 0.5) is 8.78 Å². The summed E-state index contributed by atoms with van der Waals surface area (Å²) in [5.41, 5.74) is -1.58. The van der Waals surface area contributed by atoms with E-state index in [4.69, 9.17) is 0 Å². The van der Waals surface area contributed by atoms with Crippen LogP contribution in [0.2, 0.25) is 0 Å². The SMILES string of the molecule is O=C(c1ccc2[nH]c(=O)c(=O)[nH]c2c1)C(F)F. The minimum Gasteiger partial charge on any atom is -0.316 e. The first-order chi connectivity index (χ1) is 7.99. The summed E-state index contributed by atoms with van der Waals surface area (Å²) in [6.07, 6.45) is -3.11. The normalized spacial score (nSPS) is 11.0. The summed E-state index contributed by atoms with van der Waals surface area (Å²) in [5, 5.41) is 0. The van der Waals surface area contributed by atoms with Gasteiger partial charge < -0.3 is 9.97 Å². The lowest BCUT2D eigenvalue weighted by Crippen LogP contribution is -2.29. The van der Waals surface area contributed by atoms with Crippen LogP contribution in [-0.2, 0) is 0 Å². The molecular formula is C10H6F2N2O3. The minimum atomic E-state index is -3.11. The number of aromatic nitrogens is 2. The smallest absolute Gasteiger partial charge is 0.314 e. The molecule has 17 heavy (non-hydrogen) atoms. The summed E-state index contributed by atoms with van der Waals surface area (Å²) in [4.78, 5) is 37.5. The molecular weight excluding hydrogens is 234 g/mol. The number of carbonyl (C=O) groups excluding carboxylic acids is 1. The van der Waals surface area contributed by atoms with Gasteiger partial charge in [0.15, 0.2) is 0 Å². The lowest BCUT2D eigenvalue weighted by molar-refractivity contribution is 0.0679. The number of hydrogen-bond donors (Lipinski definition) is 2. The van der Waals surface area contributed by atoms with E-state index in [0.29, 0.717) is 0 Å². The Morgan fingerprint density at radius 3 is 2.24 bits per heavy atom. The highest BCUT2D eigenvalue weighted by atomic mass is 19.3. The van der Waals surface area contributed by atoms with E-state index >= 15 is 0 Å². The molecule has 0 saturated heterocycles. The van der Waals surface area contributed by atoms with E-state index in [-0.39, 0.29) is 16.6 Å². The Morgan fingerprint density at radius 1 is 1.06 bits per heavy atom. The number of ketones is 1. The molecule has 0 atom stereocenters. The number of fused-ring (bicyclic) bond motifs is 1. The van der Waals surface area contributed by atoms with Crippen molar-refractivity contribution in [3.63, 3.8) is 0 Å². The molecule has 0 aliphatic rings. The summed E-state index contributed by atoms with van der Waals surface area (Å²) in [5.74, 6) is -1.33. The number of Topliss-reactive ketones (excluding diaryl/α,β-unsaturated/α-hetero) is 1. The van der Waals surface area contributed by atoms with E-state index in [0.717, 1.165) is 12.1 Å². The number of alkyl halides is 2. The molecule has 0 bridgehead atoms. The highest BCUT2D eigenvalue weighted by Gasteiger charge is 2.18. The van der Waals surface area contributed by atoms with Crippen molar-refractivity contribution in [2.75, 3.05) is 0 Å². The van der Waals surface area contributed by atoms with Crippen molar-refractivity contribution in [3.05, 3.63) is 44.5 Å². The van der Waals surface area contributed by atoms with E-state index in [1.54, 1.807) is 0 Å². The van der Waals surface area contributed by atoms with E-state index < -0.39 is 23.3 Å². The third-order valence-corrected chi connectivity index (χ3v) is 2.20. The number of H-pyrrole nitrogens is 2. The largest absolute Gasteiger partial charge is 0.316 e. The molecule has 1 aromatic carbocycles. The van der Waals surface area contributed by atoms with E-state index in [9.17, 15) is 23.2 Å². The van der Waals surface area contributed by atoms with Gasteiger partial charge in [-0.05, 0) is 18.2 Å². The molecule has 0 fully saturated rings. The number of aromatic amines is 2. The maximum Gasteiger partial charge on any atom is 0.314 e. The lowest BCUT2D eigenvalue weighted by Gasteiger charge is -2.01. The van der Waals surface area contributed by atoms with Gasteiger partial charge in [-0.25, -0.2) is 8.78 Å². The van der Waals surface area contributed by atoms with Gasteiger partial charge in [-0.3, -0.25) is 14.4 Å². The molecule has 1 heterocycles. The topological polar surface area (TPSA) is 82.8 Å². The van der Waals surface area contributed by atoms with Crippen molar-refractivity contribution in [3.8, 4) is 0 Å². The third-order valence-electron chi connectivity index (χ3n) is 2.20. The molecule has 0 saturated carbocycles. The van der Waals surface area contributed by atoms with Gasteiger partial charge in [0, 0.05) is 5.56 Å². The van der Waals surface area contributed by atoms with Crippen LogP contribution in [0.1, 0.15) is 10.4 Å². The zero-order valence-corrected chi connectivity index (χ0v) is 8.29. The molecule has 0 aliphatic carbocycles. The maximum atomic E-state index is 12.2. The second-order valence-corrected chi connectivity index (χ2v) is 3.33. The van der Waals surface area contributed by atoms with Crippen LogP contribution in [0, 0.1) is 0 Å². The standard InChI is InChI=1S/C10H6F2N2O3/c11-8(12)7(15)4-1-2-5-6(3-4)14-10(17)9(16)13-5/h1-3,8H,(H,13,16)(H,14,17). The summed E-state index contributed by atoms with van der Waals surface area (Å²) in [6.45, 7) is 0. The number of carbonyl (C=O) groups is 1. The molecule has 2 rings (SSSR count). The van der Waals surface area contributed by atoms with Crippen LogP contribution in [0.3, 0.4) is 0 Å². The average molecular weight is 240 g/mol. The Kier molecular flexibility index (Phi) is 2.58. The number of rotatable bonds is 2. The molecule has 0 amide bonds. The number of halogens is 2. The molecule has 7 heteroatoms. The van der Waals surface area contributed by atoms with Gasteiger partial charge in [0.05, 0.1) is 11.0 Å². The number of hydrogen-bond acceptors (Lipinski definition) is 3. The van der Waals surface area contributed by atoms with Crippen LogP contribution in [-0.4, -0.2) is 22.2 Å². The highest BCUT2D eigenvalue weighted by molar-refractivity contribution is 6.00. The van der Waals surface area contributed by atoms with Gasteiger partial charge in [-0.1, -0.05) is 0 Å². The lowest BCUT2D eigenvalue weighted by atomic mass is 10.1. The minimum absolute atomic E-state index is 0.126. The molecule has 0 aliphatic heterocycles. The molecule has 5 nitrogen and oxygen atoms in total. The Morgan fingerprint density at radius 2 is 1.65 bits per heavy atom. The Balaban J connectivity index is 2.66. The predicted molar refractivity (Wildman–Crippen MR) is 55.5 cm³/mol. The number of nitrogens with one attached hydrogen (secondary N) is 2. The molecule has 0 unspecified atom stereocenters.